The largest absolute Gasteiger partial charge is 0.497 e. The van der Waals surface area contributed by atoms with Crippen LogP contribution < -0.4 is 15.4 Å². The summed E-state index contributed by atoms with van der Waals surface area (Å²) in [5.74, 6) is 1.44. The highest BCUT2D eigenvalue weighted by Crippen LogP contribution is 2.26. The van der Waals surface area contributed by atoms with E-state index < -0.39 is 0 Å². The van der Waals surface area contributed by atoms with E-state index in [1.807, 2.05) is 12.1 Å². The minimum Gasteiger partial charge on any atom is -0.497 e. The molecule has 1 fully saturated rings. The number of guanidine groups is 1. The Morgan fingerprint density at radius 3 is 2.54 bits per heavy atom. The number of rotatable bonds is 9. The molecule has 0 aromatic heterocycles. The van der Waals surface area contributed by atoms with Gasteiger partial charge in [-0.15, -0.1) is 6.58 Å². The number of methoxy groups -OCH3 is 1. The second kappa shape index (κ2) is 11.3. The summed E-state index contributed by atoms with van der Waals surface area (Å²) in [6.45, 7) is 7.30. The van der Waals surface area contributed by atoms with E-state index in [9.17, 15) is 4.79 Å². The number of likely N-dealkylation sites (tertiary alicyclic amines) is 1. The molecule has 28 heavy (non-hydrogen) atoms. The van der Waals surface area contributed by atoms with E-state index >= 15 is 0 Å². The number of hydrogen-bond acceptors (Lipinski definition) is 4. The third-order valence-electron chi connectivity index (χ3n) is 4.83. The zero-order valence-corrected chi connectivity index (χ0v) is 17.3. The molecule has 0 radical (unpaired) electrons. The molecule has 1 aromatic rings. The van der Waals surface area contributed by atoms with E-state index in [4.69, 9.17) is 4.74 Å². The summed E-state index contributed by atoms with van der Waals surface area (Å²) >= 11 is 0. The van der Waals surface area contributed by atoms with Gasteiger partial charge in [0.2, 0.25) is 5.91 Å². The Morgan fingerprint density at radius 2 is 1.96 bits per heavy atom. The van der Waals surface area contributed by atoms with Crippen LogP contribution in [0, 0.1) is 0 Å². The zero-order valence-electron chi connectivity index (χ0n) is 17.3. The first-order chi connectivity index (χ1) is 13.5. The molecule has 1 aliphatic rings. The first kappa shape index (κ1) is 21.8. The van der Waals surface area contributed by atoms with Gasteiger partial charge in [0.25, 0.3) is 0 Å². The molecule has 1 atom stereocenters. The van der Waals surface area contributed by atoms with Crippen LogP contribution in [0.2, 0.25) is 0 Å². The molecule has 1 amide bonds. The fourth-order valence-electron chi connectivity index (χ4n) is 3.16. The fourth-order valence-corrected chi connectivity index (χ4v) is 3.16. The quantitative estimate of drug-likeness (QED) is 0.383. The minimum atomic E-state index is -0.0362. The number of ether oxygens (including phenoxy) is 1. The highest BCUT2D eigenvalue weighted by Gasteiger charge is 2.23. The second-order valence-corrected chi connectivity index (χ2v) is 7.04. The summed E-state index contributed by atoms with van der Waals surface area (Å²) in [6.07, 6.45) is 4.21. The molecule has 1 aliphatic heterocycles. The zero-order chi connectivity index (χ0) is 20.4. The molecule has 0 bridgehead atoms. The Labute approximate surface area is 168 Å². The Morgan fingerprint density at radius 1 is 1.29 bits per heavy atom. The molecule has 7 nitrogen and oxygen atoms in total. The number of carbonyl (C=O) groups is 1. The van der Waals surface area contributed by atoms with Crippen LogP contribution in [0.5, 0.6) is 5.75 Å². The van der Waals surface area contributed by atoms with E-state index in [0.29, 0.717) is 19.0 Å². The van der Waals surface area contributed by atoms with Gasteiger partial charge in [-0.1, -0.05) is 18.2 Å². The van der Waals surface area contributed by atoms with Gasteiger partial charge in [-0.25, -0.2) is 4.99 Å². The molecule has 2 N–H and O–H groups in total. The Bertz CT molecular complexity index is 651. The summed E-state index contributed by atoms with van der Waals surface area (Å²) in [7, 11) is 5.14. The van der Waals surface area contributed by atoms with Crippen molar-refractivity contribution in [3.63, 3.8) is 0 Å². The first-order valence-electron chi connectivity index (χ1n) is 9.76. The monoisotopic (exact) mass is 387 g/mol. The number of hydrogen-bond donors (Lipinski definition) is 2. The molecule has 0 spiro atoms. The summed E-state index contributed by atoms with van der Waals surface area (Å²) < 4.78 is 5.29. The van der Waals surface area contributed by atoms with Crippen molar-refractivity contribution in [2.45, 2.75) is 18.9 Å². The molecule has 7 heteroatoms. The summed E-state index contributed by atoms with van der Waals surface area (Å²) in [6, 6.07) is 8.46. The molecule has 1 saturated heterocycles. The smallest absolute Gasteiger partial charge is 0.243 e. The van der Waals surface area contributed by atoms with Crippen LogP contribution in [0.15, 0.2) is 41.9 Å². The van der Waals surface area contributed by atoms with E-state index in [0.717, 1.165) is 18.8 Å². The van der Waals surface area contributed by atoms with Crippen LogP contribution in [0.1, 0.15) is 24.4 Å². The number of nitrogens with zero attached hydrogens (tertiary/aromatic N) is 3. The summed E-state index contributed by atoms with van der Waals surface area (Å²) in [4.78, 5) is 20.3. The van der Waals surface area contributed by atoms with Crippen molar-refractivity contribution >= 4 is 11.9 Å². The van der Waals surface area contributed by atoms with E-state index in [2.05, 4.69) is 39.2 Å². The van der Waals surface area contributed by atoms with Crippen LogP contribution in [-0.2, 0) is 4.79 Å². The van der Waals surface area contributed by atoms with E-state index in [1.165, 1.54) is 18.4 Å². The van der Waals surface area contributed by atoms with Crippen LogP contribution in [-0.4, -0.2) is 75.6 Å². The Hall–Kier alpha value is -2.54. The maximum absolute atomic E-state index is 11.9. The average Bonchev–Trinajstić information content (AvgIpc) is 3.24. The average molecular weight is 388 g/mol. The van der Waals surface area contributed by atoms with E-state index in [-0.39, 0.29) is 18.5 Å². The van der Waals surface area contributed by atoms with Crippen LogP contribution in [0.25, 0.3) is 0 Å². The van der Waals surface area contributed by atoms with Gasteiger partial charge in [0.05, 0.1) is 13.2 Å². The predicted octanol–water partition coefficient (Wildman–Crippen LogP) is 1.64. The van der Waals surface area contributed by atoms with Crippen LogP contribution >= 0.6 is 0 Å². The minimum absolute atomic E-state index is 0.0362. The van der Waals surface area contributed by atoms with Gasteiger partial charge in [0.15, 0.2) is 5.96 Å². The maximum Gasteiger partial charge on any atom is 0.243 e. The van der Waals surface area contributed by atoms with Gasteiger partial charge < -0.3 is 20.3 Å². The lowest BCUT2D eigenvalue weighted by Crippen LogP contribution is -2.43. The molecule has 1 unspecified atom stereocenters. The second-order valence-electron chi connectivity index (χ2n) is 7.04. The number of aliphatic imine (C=N–C) groups is 1. The van der Waals surface area contributed by atoms with Gasteiger partial charge in [0, 0.05) is 27.2 Å². The van der Waals surface area contributed by atoms with Gasteiger partial charge in [0.1, 0.15) is 12.3 Å². The third kappa shape index (κ3) is 6.56. The van der Waals surface area contributed by atoms with Crippen molar-refractivity contribution in [1.82, 2.24) is 20.4 Å². The molecule has 2 rings (SSSR count). The molecular formula is C21H33N5O2. The van der Waals surface area contributed by atoms with Crippen molar-refractivity contribution in [3.05, 3.63) is 42.5 Å². The van der Waals surface area contributed by atoms with E-state index in [1.54, 1.807) is 32.2 Å². The van der Waals surface area contributed by atoms with Crippen LogP contribution in [0.3, 0.4) is 0 Å². The van der Waals surface area contributed by atoms with Crippen molar-refractivity contribution in [3.8, 4) is 5.75 Å². The number of carbonyl (C=O) groups excluding carboxylic acids is 1. The normalized spacial score (nSPS) is 15.8. The molecular weight excluding hydrogens is 354 g/mol. The highest BCUT2D eigenvalue weighted by atomic mass is 16.5. The Balaban J connectivity index is 2.09. The standard InChI is InChI=1S/C21H33N5O2/c1-5-12-22-21(24-16-20(27)25(2)3)23-15-19(26-13-6-7-14-26)17-8-10-18(28-4)11-9-17/h5,8-11,19H,1,6-7,12-16H2,2-4H3,(H2,22,23,24). The number of likely N-dealkylation sites (N-methyl/N-ethyl adjacent to an activating group) is 1. The maximum atomic E-state index is 11.9. The van der Waals surface area contributed by atoms with Gasteiger partial charge in [-0.2, -0.15) is 0 Å². The number of nitrogens with one attached hydrogen (secondary N) is 2. The van der Waals surface area contributed by atoms with Gasteiger partial charge in [-0.05, 0) is 43.6 Å². The predicted molar refractivity (Wildman–Crippen MR) is 114 cm³/mol. The van der Waals surface area contributed by atoms with Crippen molar-refractivity contribution in [2.75, 3.05) is 53.9 Å². The van der Waals surface area contributed by atoms with Gasteiger partial charge in [-0.3, -0.25) is 9.69 Å². The lowest BCUT2D eigenvalue weighted by Gasteiger charge is -2.29. The first-order valence-corrected chi connectivity index (χ1v) is 9.76. The molecule has 0 aliphatic carbocycles. The number of amides is 1. The summed E-state index contributed by atoms with van der Waals surface area (Å²) in [5.41, 5.74) is 1.24. The van der Waals surface area contributed by atoms with Gasteiger partial charge >= 0.3 is 0 Å². The Kier molecular flexibility index (Phi) is 8.81. The highest BCUT2D eigenvalue weighted by molar-refractivity contribution is 5.84. The van der Waals surface area contributed by atoms with Crippen LogP contribution in [0.4, 0.5) is 0 Å². The fraction of sp³-hybridized carbons (Fsp3) is 0.524. The van der Waals surface area contributed by atoms with Crippen molar-refractivity contribution in [1.29, 1.82) is 0 Å². The topological polar surface area (TPSA) is 69.2 Å². The van der Waals surface area contributed by atoms with Crippen molar-refractivity contribution < 1.29 is 9.53 Å². The SMILES string of the molecule is C=CCNC(=NCC(=O)N(C)C)NCC(c1ccc(OC)cc1)N1CCCC1. The molecule has 154 valence electrons. The van der Waals surface area contributed by atoms with Crippen molar-refractivity contribution in [2.24, 2.45) is 4.99 Å². The molecule has 0 saturated carbocycles. The lowest BCUT2D eigenvalue weighted by atomic mass is 10.1. The number of benzene rings is 1. The molecule has 1 heterocycles. The molecule has 1 aromatic carbocycles. The third-order valence-corrected chi connectivity index (χ3v) is 4.83. The summed E-state index contributed by atoms with van der Waals surface area (Å²) in [5, 5.41) is 6.59. The lowest BCUT2D eigenvalue weighted by molar-refractivity contribution is -0.127.